The number of rotatable bonds is 9. The number of carbonyl (C=O) groups excluding carboxylic acids is 2. The van der Waals surface area contributed by atoms with Crippen LogP contribution < -0.4 is 14.9 Å². The van der Waals surface area contributed by atoms with Crippen LogP contribution in [-0.2, 0) is 20.7 Å². The molecule has 2 aromatic carbocycles. The molecule has 0 aliphatic carbocycles. The Hall–Kier alpha value is -3.42. The fraction of sp³-hybridized carbons (Fsp3) is 0.250. The highest BCUT2D eigenvalue weighted by atomic mass is 19.1. The van der Waals surface area contributed by atoms with Crippen molar-refractivity contribution in [2.24, 2.45) is 5.10 Å². The van der Waals surface area contributed by atoms with Crippen molar-refractivity contribution >= 4 is 18.1 Å². The molecule has 0 unspecified atom stereocenters. The summed E-state index contributed by atoms with van der Waals surface area (Å²) in [6.07, 6.45) is 1.54. The molecule has 0 fully saturated rings. The Morgan fingerprint density at radius 3 is 2.54 bits per heavy atom. The summed E-state index contributed by atoms with van der Waals surface area (Å²) in [4.78, 5) is 23.1. The van der Waals surface area contributed by atoms with Crippen LogP contribution in [0.2, 0.25) is 0 Å². The van der Waals surface area contributed by atoms with E-state index in [1.54, 1.807) is 30.3 Å². The van der Waals surface area contributed by atoms with Crippen LogP contribution in [0.25, 0.3) is 0 Å². The number of hydrogen-bond donors (Lipinski definition) is 1. The molecule has 0 bridgehead atoms. The summed E-state index contributed by atoms with van der Waals surface area (Å²) in [5.74, 6) is -0.355. The molecule has 0 saturated heterocycles. The normalized spacial score (nSPS) is 10.5. The molecule has 1 N–H and O–H groups in total. The van der Waals surface area contributed by atoms with Crippen LogP contribution in [0, 0.1) is 5.82 Å². The Bertz CT molecular complexity index is 837. The van der Waals surface area contributed by atoms with Gasteiger partial charge in [-0.15, -0.1) is 0 Å². The van der Waals surface area contributed by atoms with Gasteiger partial charge in [-0.25, -0.2) is 14.6 Å². The SMILES string of the molecule is CCOc1cc(/C=N/NC(=O)Cc2ccc(F)cc2)ccc1OCC(=O)OC. The van der Waals surface area contributed by atoms with Gasteiger partial charge in [-0.2, -0.15) is 5.10 Å². The first-order valence-electron chi connectivity index (χ1n) is 8.54. The second-order valence-electron chi connectivity index (χ2n) is 5.60. The first-order valence-corrected chi connectivity index (χ1v) is 8.54. The number of nitrogens with one attached hydrogen (secondary N) is 1. The topological polar surface area (TPSA) is 86.2 Å². The van der Waals surface area contributed by atoms with Crippen molar-refractivity contribution in [1.29, 1.82) is 0 Å². The van der Waals surface area contributed by atoms with Crippen LogP contribution in [0.4, 0.5) is 4.39 Å². The van der Waals surface area contributed by atoms with E-state index >= 15 is 0 Å². The third-order valence-corrected chi connectivity index (χ3v) is 3.52. The number of methoxy groups -OCH3 is 1. The number of hydrazone groups is 1. The van der Waals surface area contributed by atoms with Crippen molar-refractivity contribution in [3.05, 3.63) is 59.4 Å². The average Bonchev–Trinajstić information content (AvgIpc) is 2.69. The fourth-order valence-electron chi connectivity index (χ4n) is 2.19. The Balaban J connectivity index is 1.96. The number of amides is 1. The molecule has 0 atom stereocenters. The van der Waals surface area contributed by atoms with Crippen molar-refractivity contribution in [2.75, 3.05) is 20.3 Å². The molecule has 1 amide bonds. The lowest BCUT2D eigenvalue weighted by Gasteiger charge is -2.11. The maximum absolute atomic E-state index is 12.9. The van der Waals surface area contributed by atoms with Crippen molar-refractivity contribution in [3.8, 4) is 11.5 Å². The fourth-order valence-corrected chi connectivity index (χ4v) is 2.19. The zero-order valence-electron chi connectivity index (χ0n) is 15.6. The van der Waals surface area contributed by atoms with Crippen LogP contribution >= 0.6 is 0 Å². The third-order valence-electron chi connectivity index (χ3n) is 3.52. The van der Waals surface area contributed by atoms with E-state index in [2.05, 4.69) is 15.3 Å². The minimum absolute atomic E-state index is 0.0854. The molecule has 0 aliphatic rings. The number of hydrogen-bond acceptors (Lipinski definition) is 6. The highest BCUT2D eigenvalue weighted by Crippen LogP contribution is 2.28. The lowest BCUT2D eigenvalue weighted by atomic mass is 10.1. The Labute approximate surface area is 162 Å². The second kappa shape index (κ2) is 10.7. The molecule has 28 heavy (non-hydrogen) atoms. The Kier molecular flexibility index (Phi) is 7.95. The van der Waals surface area contributed by atoms with Crippen LogP contribution in [0.5, 0.6) is 11.5 Å². The molecular formula is C20H21FN2O5. The van der Waals surface area contributed by atoms with E-state index < -0.39 is 5.97 Å². The van der Waals surface area contributed by atoms with Gasteiger partial charge in [0.15, 0.2) is 18.1 Å². The number of carbonyl (C=O) groups is 2. The summed E-state index contributed by atoms with van der Waals surface area (Å²) >= 11 is 0. The molecule has 7 nitrogen and oxygen atoms in total. The summed E-state index contributed by atoms with van der Waals surface area (Å²) in [6, 6.07) is 10.7. The quantitative estimate of drug-likeness (QED) is 0.405. The van der Waals surface area contributed by atoms with Gasteiger partial charge in [0, 0.05) is 0 Å². The van der Waals surface area contributed by atoms with Gasteiger partial charge in [-0.3, -0.25) is 4.79 Å². The van der Waals surface area contributed by atoms with Crippen LogP contribution in [0.15, 0.2) is 47.6 Å². The molecule has 0 aliphatic heterocycles. The predicted molar refractivity (Wildman–Crippen MR) is 101 cm³/mol. The molecule has 2 aromatic rings. The molecule has 0 saturated carbocycles. The van der Waals surface area contributed by atoms with Gasteiger partial charge in [-0.05, 0) is 48.4 Å². The van der Waals surface area contributed by atoms with Crippen LogP contribution in [-0.4, -0.2) is 38.4 Å². The van der Waals surface area contributed by atoms with E-state index in [-0.39, 0.29) is 24.8 Å². The molecule has 0 radical (unpaired) electrons. The van der Waals surface area contributed by atoms with E-state index in [1.807, 2.05) is 6.92 Å². The third kappa shape index (κ3) is 6.71. The maximum atomic E-state index is 12.9. The average molecular weight is 388 g/mol. The molecule has 2 rings (SSSR count). The van der Waals surface area contributed by atoms with Gasteiger partial charge in [0.25, 0.3) is 0 Å². The summed E-state index contributed by atoms with van der Waals surface area (Å²) < 4.78 is 28.3. The zero-order valence-corrected chi connectivity index (χ0v) is 15.6. The van der Waals surface area contributed by atoms with Gasteiger partial charge < -0.3 is 14.2 Å². The van der Waals surface area contributed by atoms with Gasteiger partial charge in [0.05, 0.1) is 26.4 Å². The van der Waals surface area contributed by atoms with Crippen molar-refractivity contribution in [2.45, 2.75) is 13.3 Å². The number of ether oxygens (including phenoxy) is 3. The first kappa shape index (κ1) is 20.9. The van der Waals surface area contributed by atoms with E-state index in [0.29, 0.717) is 29.2 Å². The minimum Gasteiger partial charge on any atom is -0.490 e. The van der Waals surface area contributed by atoms with Crippen molar-refractivity contribution < 1.29 is 28.2 Å². The molecule has 0 spiro atoms. The standard InChI is InChI=1S/C20H21FN2O5/c1-3-27-18-10-15(6-9-17(18)28-13-20(25)26-2)12-22-23-19(24)11-14-4-7-16(21)8-5-14/h4-10,12H,3,11,13H2,1-2H3,(H,23,24)/b22-12+. The maximum Gasteiger partial charge on any atom is 0.343 e. The highest BCUT2D eigenvalue weighted by Gasteiger charge is 2.09. The number of esters is 1. The molecular weight excluding hydrogens is 367 g/mol. The number of benzene rings is 2. The Morgan fingerprint density at radius 2 is 1.86 bits per heavy atom. The van der Waals surface area contributed by atoms with E-state index in [9.17, 15) is 14.0 Å². The van der Waals surface area contributed by atoms with Crippen molar-refractivity contribution in [3.63, 3.8) is 0 Å². The summed E-state index contributed by atoms with van der Waals surface area (Å²) in [5, 5.41) is 3.90. The molecule has 8 heteroatoms. The van der Waals surface area contributed by atoms with Gasteiger partial charge in [-0.1, -0.05) is 12.1 Å². The van der Waals surface area contributed by atoms with Crippen molar-refractivity contribution in [1.82, 2.24) is 5.43 Å². The van der Waals surface area contributed by atoms with E-state index in [0.717, 1.165) is 0 Å². The first-order chi connectivity index (χ1) is 13.5. The van der Waals surface area contributed by atoms with Gasteiger partial charge >= 0.3 is 5.97 Å². The highest BCUT2D eigenvalue weighted by molar-refractivity contribution is 5.84. The number of halogens is 1. The lowest BCUT2D eigenvalue weighted by molar-refractivity contribution is -0.142. The van der Waals surface area contributed by atoms with Gasteiger partial charge in [0.2, 0.25) is 5.91 Å². The molecule has 0 heterocycles. The lowest BCUT2D eigenvalue weighted by Crippen LogP contribution is -2.19. The summed E-state index contributed by atoms with van der Waals surface area (Å²) in [7, 11) is 1.28. The zero-order chi connectivity index (χ0) is 20.4. The second-order valence-corrected chi connectivity index (χ2v) is 5.60. The van der Waals surface area contributed by atoms with Gasteiger partial charge in [0.1, 0.15) is 5.82 Å². The monoisotopic (exact) mass is 388 g/mol. The van der Waals surface area contributed by atoms with Crippen LogP contribution in [0.3, 0.4) is 0 Å². The largest absolute Gasteiger partial charge is 0.490 e. The summed E-state index contributed by atoms with van der Waals surface area (Å²) in [6.45, 7) is 1.99. The molecule has 148 valence electrons. The van der Waals surface area contributed by atoms with E-state index in [1.165, 1.54) is 25.5 Å². The number of nitrogens with zero attached hydrogens (tertiary/aromatic N) is 1. The summed E-state index contributed by atoms with van der Waals surface area (Å²) in [5.41, 5.74) is 3.75. The predicted octanol–water partition coefficient (Wildman–Crippen LogP) is 2.47. The molecule has 0 aromatic heterocycles. The minimum atomic E-state index is -0.503. The van der Waals surface area contributed by atoms with Crippen LogP contribution in [0.1, 0.15) is 18.1 Å². The Morgan fingerprint density at radius 1 is 1.11 bits per heavy atom. The van der Waals surface area contributed by atoms with E-state index in [4.69, 9.17) is 9.47 Å². The smallest absolute Gasteiger partial charge is 0.343 e.